The van der Waals surface area contributed by atoms with Crippen LogP contribution in [0, 0.1) is 18.3 Å². The Hall–Kier alpha value is -2.23. The zero-order valence-corrected chi connectivity index (χ0v) is 15.4. The van der Waals surface area contributed by atoms with Gasteiger partial charge in [0.1, 0.15) is 0 Å². The number of anilines is 1. The van der Waals surface area contributed by atoms with E-state index in [1.807, 2.05) is 29.6 Å². The number of amides is 1. The predicted molar refractivity (Wildman–Crippen MR) is 102 cm³/mol. The molecule has 1 fully saturated rings. The Morgan fingerprint density at radius 1 is 1.24 bits per heavy atom. The van der Waals surface area contributed by atoms with Crippen molar-refractivity contribution in [2.45, 2.75) is 19.3 Å². The van der Waals surface area contributed by atoms with Crippen molar-refractivity contribution in [3.05, 3.63) is 62.8 Å². The van der Waals surface area contributed by atoms with E-state index >= 15 is 0 Å². The topological polar surface area (TPSA) is 47.3 Å². The number of hydrogen-bond donors (Lipinski definition) is 0. The minimum Gasteiger partial charge on any atom is -0.343 e. The molecule has 1 atom stereocenters. The zero-order chi connectivity index (χ0) is 17.4. The lowest BCUT2D eigenvalue weighted by molar-refractivity contribution is -0.129. The summed E-state index contributed by atoms with van der Waals surface area (Å²) in [6.07, 6.45) is 0.370. The highest BCUT2D eigenvalue weighted by Crippen LogP contribution is 2.44. The molecule has 1 aromatic heterocycles. The molecule has 2 aliphatic heterocycles. The van der Waals surface area contributed by atoms with Crippen molar-refractivity contribution < 1.29 is 4.79 Å². The summed E-state index contributed by atoms with van der Waals surface area (Å²) in [5.41, 5.74) is 3.06. The van der Waals surface area contributed by atoms with Gasteiger partial charge in [-0.3, -0.25) is 9.69 Å². The number of hydrogen-bond acceptors (Lipinski definition) is 5. The van der Waals surface area contributed by atoms with Crippen LogP contribution in [0.1, 0.15) is 22.8 Å². The quantitative estimate of drug-likeness (QED) is 0.795. The highest BCUT2D eigenvalue weighted by Gasteiger charge is 2.38. The van der Waals surface area contributed by atoms with E-state index in [-0.39, 0.29) is 11.8 Å². The number of rotatable bonds is 2. The molecule has 0 bridgehead atoms. The van der Waals surface area contributed by atoms with Crippen LogP contribution in [0.4, 0.5) is 5.69 Å². The molecule has 4 nitrogen and oxygen atoms in total. The minimum absolute atomic E-state index is 0.0955. The molecule has 126 valence electrons. The molecule has 1 unspecified atom stereocenters. The Kier molecular flexibility index (Phi) is 4.28. The van der Waals surface area contributed by atoms with E-state index in [1.54, 1.807) is 28.0 Å². The van der Waals surface area contributed by atoms with E-state index in [1.165, 1.54) is 5.56 Å². The molecule has 0 N–H and O–H groups in total. The maximum absolute atomic E-state index is 12.8. The summed E-state index contributed by atoms with van der Waals surface area (Å²) in [5, 5.41) is 12.6. The van der Waals surface area contributed by atoms with Crippen molar-refractivity contribution in [2.75, 3.05) is 17.4 Å². The monoisotopic (exact) mass is 367 g/mol. The smallest absolute Gasteiger partial charge is 0.229 e. The Morgan fingerprint density at radius 3 is 2.80 bits per heavy atom. The van der Waals surface area contributed by atoms with Gasteiger partial charge < -0.3 is 4.90 Å². The largest absolute Gasteiger partial charge is 0.343 e. The molecule has 0 aliphatic carbocycles. The number of carbonyl (C=O) groups is 1. The van der Waals surface area contributed by atoms with E-state index in [0.717, 1.165) is 27.0 Å². The van der Waals surface area contributed by atoms with Crippen LogP contribution in [0.3, 0.4) is 0 Å². The van der Waals surface area contributed by atoms with Crippen molar-refractivity contribution >= 4 is 34.7 Å². The fourth-order valence-electron chi connectivity index (χ4n) is 3.37. The van der Waals surface area contributed by atoms with Crippen LogP contribution < -0.4 is 4.90 Å². The standard InChI is InChI=1S/C19H17N3OS2/c1-13-5-2-3-6-16(13)21-11-22-18(23)9-14(17-7-4-8-24-17)15(10-20)19(22)25-12-21/h2-8,14H,9,11-12H2,1H3. The third kappa shape index (κ3) is 2.84. The summed E-state index contributed by atoms with van der Waals surface area (Å²) >= 11 is 3.20. The van der Waals surface area contributed by atoms with Crippen LogP contribution in [0.15, 0.2) is 52.4 Å². The van der Waals surface area contributed by atoms with Gasteiger partial charge in [-0.15, -0.1) is 11.3 Å². The van der Waals surface area contributed by atoms with Crippen molar-refractivity contribution in [3.63, 3.8) is 0 Å². The first-order chi connectivity index (χ1) is 12.2. The summed E-state index contributed by atoms with van der Waals surface area (Å²) in [7, 11) is 0. The molecule has 2 aromatic rings. The van der Waals surface area contributed by atoms with E-state index in [0.29, 0.717) is 13.1 Å². The van der Waals surface area contributed by atoms with Gasteiger partial charge >= 0.3 is 0 Å². The molecule has 3 heterocycles. The van der Waals surface area contributed by atoms with Gasteiger partial charge in [-0.2, -0.15) is 5.26 Å². The van der Waals surface area contributed by atoms with Crippen LogP contribution in [-0.4, -0.2) is 23.4 Å². The number of thioether (sulfide) groups is 1. The Morgan fingerprint density at radius 2 is 2.08 bits per heavy atom. The van der Waals surface area contributed by atoms with Gasteiger partial charge in [0.25, 0.3) is 0 Å². The number of thiophene rings is 1. The number of benzene rings is 1. The van der Waals surface area contributed by atoms with Gasteiger partial charge in [0.2, 0.25) is 5.91 Å². The van der Waals surface area contributed by atoms with Crippen molar-refractivity contribution in [2.24, 2.45) is 0 Å². The summed E-state index contributed by atoms with van der Waals surface area (Å²) in [4.78, 5) is 17.9. The number of para-hydroxylation sites is 1. The zero-order valence-electron chi connectivity index (χ0n) is 13.8. The normalized spacial score (nSPS) is 20.5. The summed E-state index contributed by atoms with van der Waals surface area (Å²) < 4.78 is 0. The van der Waals surface area contributed by atoms with Gasteiger partial charge in [-0.05, 0) is 30.0 Å². The van der Waals surface area contributed by atoms with Crippen LogP contribution >= 0.6 is 23.1 Å². The van der Waals surface area contributed by atoms with E-state index in [2.05, 4.69) is 30.0 Å². The average molecular weight is 367 g/mol. The number of carbonyl (C=O) groups excluding carboxylic acids is 1. The molecule has 1 saturated heterocycles. The minimum atomic E-state index is -0.0961. The molecule has 0 spiro atoms. The number of nitriles is 1. The molecule has 4 rings (SSSR count). The molecule has 1 aromatic carbocycles. The van der Waals surface area contributed by atoms with Crippen LogP contribution in [0.5, 0.6) is 0 Å². The van der Waals surface area contributed by atoms with Crippen molar-refractivity contribution in [1.29, 1.82) is 5.26 Å². The van der Waals surface area contributed by atoms with Crippen molar-refractivity contribution in [3.8, 4) is 6.07 Å². The second-order valence-corrected chi connectivity index (χ2v) is 8.08. The Balaban J connectivity index is 1.68. The van der Waals surface area contributed by atoms with E-state index < -0.39 is 0 Å². The summed E-state index contributed by atoms with van der Waals surface area (Å²) in [6, 6.07) is 14.6. The third-order valence-electron chi connectivity index (χ3n) is 4.64. The highest BCUT2D eigenvalue weighted by molar-refractivity contribution is 8.03. The second kappa shape index (κ2) is 6.58. The van der Waals surface area contributed by atoms with Gasteiger partial charge in [0.05, 0.1) is 29.2 Å². The number of allylic oxidation sites excluding steroid dienone is 1. The maximum Gasteiger partial charge on any atom is 0.229 e. The summed E-state index contributed by atoms with van der Waals surface area (Å²) in [6.45, 7) is 2.59. The van der Waals surface area contributed by atoms with Crippen LogP contribution in [0.25, 0.3) is 0 Å². The molecule has 0 radical (unpaired) electrons. The lowest BCUT2D eigenvalue weighted by atomic mass is 9.92. The van der Waals surface area contributed by atoms with Crippen LogP contribution in [-0.2, 0) is 4.79 Å². The highest BCUT2D eigenvalue weighted by atomic mass is 32.2. The molecule has 25 heavy (non-hydrogen) atoms. The molecule has 2 aliphatic rings. The van der Waals surface area contributed by atoms with Crippen LogP contribution in [0.2, 0.25) is 0 Å². The predicted octanol–water partition coefficient (Wildman–Crippen LogP) is 4.28. The van der Waals surface area contributed by atoms with Gasteiger partial charge in [0, 0.05) is 22.9 Å². The second-order valence-electron chi connectivity index (χ2n) is 6.17. The Bertz CT molecular complexity index is 882. The van der Waals surface area contributed by atoms with Gasteiger partial charge in [-0.1, -0.05) is 36.0 Å². The number of aryl methyl sites for hydroxylation is 1. The van der Waals surface area contributed by atoms with Gasteiger partial charge in [-0.25, -0.2) is 0 Å². The molecule has 6 heteroatoms. The van der Waals surface area contributed by atoms with E-state index in [4.69, 9.17) is 0 Å². The molecular formula is C19H17N3OS2. The van der Waals surface area contributed by atoms with Crippen molar-refractivity contribution in [1.82, 2.24) is 4.90 Å². The average Bonchev–Trinajstić information content (AvgIpc) is 3.16. The first-order valence-corrected chi connectivity index (χ1v) is 9.97. The molecular weight excluding hydrogens is 350 g/mol. The number of nitrogens with zero attached hydrogens (tertiary/aromatic N) is 3. The lowest BCUT2D eigenvalue weighted by Gasteiger charge is -2.42. The first kappa shape index (κ1) is 16.2. The number of fused-ring (bicyclic) bond motifs is 1. The SMILES string of the molecule is Cc1ccccc1N1CSC2=C(C#N)C(c3cccs3)CC(=O)N2C1. The fraction of sp³-hybridized carbons (Fsp3) is 0.263. The first-order valence-electron chi connectivity index (χ1n) is 8.10. The summed E-state index contributed by atoms with van der Waals surface area (Å²) in [5.74, 6) is 0.742. The fourth-order valence-corrected chi connectivity index (χ4v) is 5.36. The molecule has 0 saturated carbocycles. The third-order valence-corrected chi connectivity index (χ3v) is 6.78. The maximum atomic E-state index is 12.8. The van der Waals surface area contributed by atoms with Gasteiger partial charge in [0.15, 0.2) is 0 Å². The Labute approximate surface area is 155 Å². The lowest BCUT2D eigenvalue weighted by Crippen LogP contribution is -2.47. The van der Waals surface area contributed by atoms with E-state index in [9.17, 15) is 10.1 Å². The molecule has 1 amide bonds.